The standard InChI is InChI=1S/C11H10F2N2O/c1-2-8(6-14)15-11(16)9-5-7(12)3-4-10(9)13/h3-5,8H,2H2,1H3,(H,15,16). The number of benzene rings is 1. The number of carbonyl (C=O) groups is 1. The molecule has 0 bridgehead atoms. The second-order valence-corrected chi connectivity index (χ2v) is 3.19. The van der Waals surface area contributed by atoms with Crippen molar-refractivity contribution in [2.45, 2.75) is 19.4 Å². The number of nitrogens with one attached hydrogen (secondary N) is 1. The highest BCUT2D eigenvalue weighted by molar-refractivity contribution is 5.94. The van der Waals surface area contributed by atoms with Crippen LogP contribution in [0.3, 0.4) is 0 Å². The zero-order valence-corrected chi connectivity index (χ0v) is 8.63. The molecule has 0 saturated heterocycles. The third-order valence-corrected chi connectivity index (χ3v) is 2.04. The van der Waals surface area contributed by atoms with Crippen molar-refractivity contribution in [2.24, 2.45) is 0 Å². The van der Waals surface area contributed by atoms with E-state index in [9.17, 15) is 13.6 Å². The Morgan fingerprint density at radius 1 is 1.56 bits per heavy atom. The van der Waals surface area contributed by atoms with Crippen molar-refractivity contribution in [3.63, 3.8) is 0 Å². The van der Waals surface area contributed by atoms with Gasteiger partial charge in [0.05, 0.1) is 11.6 Å². The van der Waals surface area contributed by atoms with E-state index in [4.69, 9.17) is 5.26 Å². The van der Waals surface area contributed by atoms with Crippen LogP contribution in [0.2, 0.25) is 0 Å². The molecule has 0 aliphatic carbocycles. The second-order valence-electron chi connectivity index (χ2n) is 3.19. The molecule has 1 rings (SSSR count). The molecule has 0 aromatic heterocycles. The minimum absolute atomic E-state index is 0.395. The number of nitrogens with zero attached hydrogens (tertiary/aromatic N) is 1. The second kappa shape index (κ2) is 5.21. The fourth-order valence-corrected chi connectivity index (χ4v) is 1.13. The van der Waals surface area contributed by atoms with Crippen molar-refractivity contribution in [1.29, 1.82) is 5.26 Å². The van der Waals surface area contributed by atoms with Gasteiger partial charge in [0.2, 0.25) is 0 Å². The first-order chi connectivity index (χ1) is 7.58. The summed E-state index contributed by atoms with van der Waals surface area (Å²) in [6, 6.07) is 3.74. The van der Waals surface area contributed by atoms with Crippen LogP contribution in [0, 0.1) is 23.0 Å². The van der Waals surface area contributed by atoms with Crippen LogP contribution in [0.1, 0.15) is 23.7 Å². The Bertz CT molecular complexity index is 440. The lowest BCUT2D eigenvalue weighted by molar-refractivity contribution is 0.0940. The van der Waals surface area contributed by atoms with E-state index in [0.717, 1.165) is 18.2 Å². The lowest BCUT2D eigenvalue weighted by atomic mass is 10.1. The van der Waals surface area contributed by atoms with Gasteiger partial charge >= 0.3 is 0 Å². The smallest absolute Gasteiger partial charge is 0.255 e. The van der Waals surface area contributed by atoms with Crippen LogP contribution in [0.15, 0.2) is 18.2 Å². The number of carbonyl (C=O) groups excluding carboxylic acids is 1. The van der Waals surface area contributed by atoms with Gasteiger partial charge in [0.15, 0.2) is 0 Å². The number of amides is 1. The third kappa shape index (κ3) is 2.76. The molecule has 1 atom stereocenters. The summed E-state index contributed by atoms with van der Waals surface area (Å²) >= 11 is 0. The highest BCUT2D eigenvalue weighted by atomic mass is 19.1. The molecule has 1 unspecified atom stereocenters. The molecule has 0 aliphatic rings. The van der Waals surface area contributed by atoms with E-state index in [0.29, 0.717) is 6.42 Å². The molecule has 5 heteroatoms. The Balaban J connectivity index is 2.89. The van der Waals surface area contributed by atoms with Crippen LogP contribution < -0.4 is 5.32 Å². The molecule has 1 N–H and O–H groups in total. The molecule has 1 amide bonds. The first-order valence-electron chi connectivity index (χ1n) is 4.74. The molecule has 0 spiro atoms. The summed E-state index contributed by atoms with van der Waals surface area (Å²) < 4.78 is 26.0. The Morgan fingerprint density at radius 3 is 2.81 bits per heavy atom. The Morgan fingerprint density at radius 2 is 2.25 bits per heavy atom. The maximum absolute atomic E-state index is 13.2. The summed E-state index contributed by atoms with van der Waals surface area (Å²) in [5.74, 6) is -2.30. The third-order valence-electron chi connectivity index (χ3n) is 2.04. The number of hydrogen-bond donors (Lipinski definition) is 1. The maximum Gasteiger partial charge on any atom is 0.255 e. The van der Waals surface area contributed by atoms with Crippen LogP contribution in [0.4, 0.5) is 8.78 Å². The van der Waals surface area contributed by atoms with Crippen LogP contribution in [-0.2, 0) is 0 Å². The maximum atomic E-state index is 13.2. The van der Waals surface area contributed by atoms with Crippen LogP contribution in [0.5, 0.6) is 0 Å². The van der Waals surface area contributed by atoms with Gasteiger partial charge in [-0.1, -0.05) is 6.92 Å². The van der Waals surface area contributed by atoms with Gasteiger partial charge in [0.1, 0.15) is 17.7 Å². The summed E-state index contributed by atoms with van der Waals surface area (Å²) in [6.45, 7) is 1.70. The van der Waals surface area contributed by atoms with Gasteiger partial charge in [0, 0.05) is 0 Å². The number of hydrogen-bond acceptors (Lipinski definition) is 2. The van der Waals surface area contributed by atoms with E-state index in [-0.39, 0.29) is 0 Å². The van der Waals surface area contributed by atoms with Gasteiger partial charge in [0.25, 0.3) is 5.91 Å². The molecule has 3 nitrogen and oxygen atoms in total. The lowest BCUT2D eigenvalue weighted by Crippen LogP contribution is -2.33. The van der Waals surface area contributed by atoms with Crippen molar-refractivity contribution < 1.29 is 13.6 Å². The molecule has 0 heterocycles. The molecule has 0 fully saturated rings. The predicted molar refractivity (Wildman–Crippen MR) is 53.5 cm³/mol. The van der Waals surface area contributed by atoms with Crippen molar-refractivity contribution in [3.8, 4) is 6.07 Å². The van der Waals surface area contributed by atoms with Crippen molar-refractivity contribution in [2.75, 3.05) is 0 Å². The fraction of sp³-hybridized carbons (Fsp3) is 0.273. The van der Waals surface area contributed by atoms with Crippen LogP contribution >= 0.6 is 0 Å². The van der Waals surface area contributed by atoms with Gasteiger partial charge < -0.3 is 5.32 Å². The van der Waals surface area contributed by atoms with Gasteiger partial charge in [-0.05, 0) is 24.6 Å². The predicted octanol–water partition coefficient (Wildman–Crippen LogP) is 2.00. The van der Waals surface area contributed by atoms with Crippen LogP contribution in [-0.4, -0.2) is 11.9 Å². The molecular weight excluding hydrogens is 214 g/mol. The molecular formula is C11H10F2N2O. The summed E-state index contributed by atoms with van der Waals surface area (Å²) in [5, 5.41) is 10.9. The van der Waals surface area contributed by atoms with Gasteiger partial charge in [-0.2, -0.15) is 5.26 Å². The monoisotopic (exact) mass is 224 g/mol. The number of nitriles is 1. The Kier molecular flexibility index (Phi) is 3.95. The van der Waals surface area contributed by atoms with E-state index in [1.807, 2.05) is 6.07 Å². The molecule has 84 valence electrons. The first kappa shape index (κ1) is 12.1. The molecule has 16 heavy (non-hydrogen) atoms. The molecule has 0 aliphatic heterocycles. The number of halogens is 2. The Hall–Kier alpha value is -1.96. The minimum atomic E-state index is -0.813. The fourth-order valence-electron chi connectivity index (χ4n) is 1.13. The van der Waals surface area contributed by atoms with E-state index in [2.05, 4.69) is 5.32 Å². The van der Waals surface area contributed by atoms with Crippen LogP contribution in [0.25, 0.3) is 0 Å². The zero-order valence-electron chi connectivity index (χ0n) is 8.63. The summed E-state index contributed by atoms with van der Waals surface area (Å²) in [5.41, 5.74) is -0.395. The summed E-state index contributed by atoms with van der Waals surface area (Å²) in [6.07, 6.45) is 0.402. The van der Waals surface area contributed by atoms with E-state index < -0.39 is 29.1 Å². The molecule has 1 aromatic carbocycles. The van der Waals surface area contributed by atoms with Gasteiger partial charge in [-0.15, -0.1) is 0 Å². The van der Waals surface area contributed by atoms with Crippen molar-refractivity contribution in [3.05, 3.63) is 35.4 Å². The topological polar surface area (TPSA) is 52.9 Å². The first-order valence-corrected chi connectivity index (χ1v) is 4.74. The largest absolute Gasteiger partial charge is 0.336 e. The normalized spacial score (nSPS) is 11.6. The molecule has 1 aromatic rings. The molecule has 0 saturated carbocycles. The highest BCUT2D eigenvalue weighted by Crippen LogP contribution is 2.09. The minimum Gasteiger partial charge on any atom is -0.336 e. The van der Waals surface area contributed by atoms with E-state index >= 15 is 0 Å². The number of rotatable bonds is 3. The van der Waals surface area contributed by atoms with Gasteiger partial charge in [-0.3, -0.25) is 4.79 Å². The summed E-state index contributed by atoms with van der Waals surface area (Å²) in [7, 11) is 0. The molecule has 0 radical (unpaired) electrons. The van der Waals surface area contributed by atoms with Crippen molar-refractivity contribution in [1.82, 2.24) is 5.32 Å². The average molecular weight is 224 g/mol. The quantitative estimate of drug-likeness (QED) is 0.853. The van der Waals surface area contributed by atoms with E-state index in [1.54, 1.807) is 6.92 Å². The SMILES string of the molecule is CCC(C#N)NC(=O)c1cc(F)ccc1F. The van der Waals surface area contributed by atoms with Gasteiger partial charge in [-0.25, -0.2) is 8.78 Å². The van der Waals surface area contributed by atoms with Crippen molar-refractivity contribution >= 4 is 5.91 Å². The highest BCUT2D eigenvalue weighted by Gasteiger charge is 2.15. The zero-order chi connectivity index (χ0) is 12.1. The summed E-state index contributed by atoms with van der Waals surface area (Å²) in [4.78, 5) is 11.5. The average Bonchev–Trinajstić information content (AvgIpc) is 2.28. The Labute approximate surface area is 91.7 Å². The lowest BCUT2D eigenvalue weighted by Gasteiger charge is -2.09. The van der Waals surface area contributed by atoms with E-state index in [1.165, 1.54) is 0 Å².